The molecule has 1 saturated heterocycles. The molecule has 7 heteroatoms. The van der Waals surface area contributed by atoms with Crippen LogP contribution >= 0.6 is 11.6 Å². The average Bonchev–Trinajstić information content (AvgIpc) is 3.11. The summed E-state index contributed by atoms with van der Waals surface area (Å²) in [7, 11) is -3.71. The number of nitrogens with zero attached hydrogens (tertiary/aromatic N) is 1. The van der Waals surface area contributed by atoms with Gasteiger partial charge >= 0.3 is 0 Å². The van der Waals surface area contributed by atoms with Gasteiger partial charge in [0.1, 0.15) is 0 Å². The molecule has 1 fully saturated rings. The number of benzene rings is 2. The summed E-state index contributed by atoms with van der Waals surface area (Å²) in [6.07, 6.45) is 1.95. The van der Waals surface area contributed by atoms with Crippen LogP contribution in [0.25, 0.3) is 0 Å². The summed E-state index contributed by atoms with van der Waals surface area (Å²) in [5, 5.41) is 0.314. The molecule has 126 valence electrons. The molecule has 1 N–H and O–H groups in total. The molecule has 2 aromatic rings. The number of amides is 1. The van der Waals surface area contributed by atoms with Crippen LogP contribution in [-0.4, -0.2) is 32.3 Å². The minimum absolute atomic E-state index is 0.160. The predicted molar refractivity (Wildman–Crippen MR) is 93.8 cm³/mol. The Hall–Kier alpha value is -2.05. The van der Waals surface area contributed by atoms with Crippen molar-refractivity contribution < 1.29 is 13.2 Å². The molecule has 0 aromatic heterocycles. The second-order valence-electron chi connectivity index (χ2n) is 5.61. The van der Waals surface area contributed by atoms with Crippen LogP contribution in [0.15, 0.2) is 53.4 Å². The van der Waals surface area contributed by atoms with Crippen molar-refractivity contribution in [2.24, 2.45) is 0 Å². The van der Waals surface area contributed by atoms with Gasteiger partial charge in [-0.25, -0.2) is 8.42 Å². The van der Waals surface area contributed by atoms with Gasteiger partial charge < -0.3 is 4.90 Å². The quantitative estimate of drug-likeness (QED) is 0.904. The molecule has 0 radical (unpaired) electrons. The van der Waals surface area contributed by atoms with Crippen molar-refractivity contribution in [1.82, 2.24) is 4.90 Å². The summed E-state index contributed by atoms with van der Waals surface area (Å²) in [6.45, 7) is 1.41. The Balaban J connectivity index is 1.87. The lowest BCUT2D eigenvalue weighted by Crippen LogP contribution is -2.28. The zero-order valence-electron chi connectivity index (χ0n) is 12.9. The Morgan fingerprint density at radius 1 is 1.04 bits per heavy atom. The maximum absolute atomic E-state index is 12.5. The van der Waals surface area contributed by atoms with Crippen LogP contribution in [0.3, 0.4) is 0 Å². The van der Waals surface area contributed by atoms with E-state index in [2.05, 4.69) is 4.72 Å². The van der Waals surface area contributed by atoms with Crippen molar-refractivity contribution in [3.63, 3.8) is 0 Å². The largest absolute Gasteiger partial charge is 0.339 e. The molecular weight excluding hydrogens is 348 g/mol. The van der Waals surface area contributed by atoms with Crippen LogP contribution in [-0.2, 0) is 10.0 Å². The van der Waals surface area contributed by atoms with Gasteiger partial charge in [0.25, 0.3) is 15.9 Å². The summed E-state index contributed by atoms with van der Waals surface area (Å²) in [6, 6.07) is 12.6. The van der Waals surface area contributed by atoms with Gasteiger partial charge in [-0.05, 0) is 43.2 Å². The maximum atomic E-state index is 12.5. The zero-order chi connectivity index (χ0) is 17.2. The molecule has 5 nitrogen and oxygen atoms in total. The van der Waals surface area contributed by atoms with Gasteiger partial charge in [-0.3, -0.25) is 9.52 Å². The second kappa shape index (κ2) is 6.83. The first-order valence-electron chi connectivity index (χ1n) is 7.64. The fourth-order valence-electron chi connectivity index (χ4n) is 2.66. The lowest BCUT2D eigenvalue weighted by molar-refractivity contribution is 0.0793. The van der Waals surface area contributed by atoms with Crippen LogP contribution < -0.4 is 4.72 Å². The highest BCUT2D eigenvalue weighted by Gasteiger charge is 2.22. The number of carbonyl (C=O) groups is 1. The van der Waals surface area contributed by atoms with Crippen molar-refractivity contribution in [2.75, 3.05) is 17.8 Å². The highest BCUT2D eigenvalue weighted by molar-refractivity contribution is 7.92. The minimum atomic E-state index is -3.71. The number of hydrogen-bond acceptors (Lipinski definition) is 3. The number of nitrogens with one attached hydrogen (secondary N) is 1. The van der Waals surface area contributed by atoms with Crippen LogP contribution in [0, 0.1) is 0 Å². The van der Waals surface area contributed by atoms with E-state index >= 15 is 0 Å². The molecule has 0 saturated carbocycles. The summed E-state index contributed by atoms with van der Waals surface area (Å²) in [5.41, 5.74) is 0.623. The van der Waals surface area contributed by atoms with E-state index in [-0.39, 0.29) is 10.8 Å². The van der Waals surface area contributed by atoms with Crippen molar-refractivity contribution in [3.05, 3.63) is 59.1 Å². The average molecular weight is 365 g/mol. The second-order valence-corrected chi connectivity index (χ2v) is 7.70. The first-order valence-corrected chi connectivity index (χ1v) is 9.50. The Labute approximate surface area is 146 Å². The normalized spacial score (nSPS) is 14.6. The fourth-order valence-corrected chi connectivity index (χ4v) is 3.93. The van der Waals surface area contributed by atoms with Crippen molar-refractivity contribution >= 4 is 33.2 Å². The standard InChI is InChI=1S/C17H17ClN2O3S/c18-16-9-8-13(12-15(16)17(21)20-10-4-5-11-20)19-24(22,23)14-6-2-1-3-7-14/h1-3,6-9,12,19H,4-5,10-11H2. The third-order valence-corrected chi connectivity index (χ3v) is 5.62. The van der Waals surface area contributed by atoms with Crippen LogP contribution in [0.2, 0.25) is 5.02 Å². The number of hydrogen-bond donors (Lipinski definition) is 1. The van der Waals surface area contributed by atoms with Gasteiger partial charge in [0.05, 0.1) is 15.5 Å². The number of halogens is 1. The topological polar surface area (TPSA) is 66.5 Å². The molecule has 0 aliphatic carbocycles. The van der Waals surface area contributed by atoms with Crippen molar-refractivity contribution in [3.8, 4) is 0 Å². The van der Waals surface area contributed by atoms with Crippen molar-refractivity contribution in [1.29, 1.82) is 0 Å². The molecule has 0 spiro atoms. The molecule has 0 atom stereocenters. The van der Waals surface area contributed by atoms with E-state index in [1.165, 1.54) is 24.3 Å². The fraction of sp³-hybridized carbons (Fsp3) is 0.235. The summed E-state index contributed by atoms with van der Waals surface area (Å²) >= 11 is 6.13. The van der Waals surface area contributed by atoms with Gasteiger partial charge in [0, 0.05) is 18.8 Å². The van der Waals surface area contributed by atoms with E-state index in [1.54, 1.807) is 29.2 Å². The molecule has 2 aromatic carbocycles. The Morgan fingerprint density at radius 2 is 1.71 bits per heavy atom. The molecule has 1 aliphatic heterocycles. The number of carbonyl (C=O) groups excluding carboxylic acids is 1. The van der Waals surface area contributed by atoms with E-state index in [0.717, 1.165) is 12.8 Å². The lowest BCUT2D eigenvalue weighted by Gasteiger charge is -2.17. The van der Waals surface area contributed by atoms with Crippen LogP contribution in [0.5, 0.6) is 0 Å². The highest BCUT2D eigenvalue weighted by atomic mass is 35.5. The third-order valence-electron chi connectivity index (χ3n) is 3.90. The number of likely N-dealkylation sites (tertiary alicyclic amines) is 1. The van der Waals surface area contributed by atoms with Crippen LogP contribution in [0.1, 0.15) is 23.2 Å². The van der Waals surface area contributed by atoms with Gasteiger partial charge in [-0.15, -0.1) is 0 Å². The number of sulfonamides is 1. The van der Waals surface area contributed by atoms with Crippen molar-refractivity contribution in [2.45, 2.75) is 17.7 Å². The number of rotatable bonds is 4. The molecule has 0 bridgehead atoms. The van der Waals surface area contributed by atoms with Gasteiger partial charge in [0.15, 0.2) is 0 Å². The molecule has 24 heavy (non-hydrogen) atoms. The first-order chi connectivity index (χ1) is 11.5. The molecule has 1 amide bonds. The highest BCUT2D eigenvalue weighted by Crippen LogP contribution is 2.25. The maximum Gasteiger partial charge on any atom is 0.261 e. The molecule has 0 unspecified atom stereocenters. The van der Waals surface area contributed by atoms with E-state index < -0.39 is 10.0 Å². The summed E-state index contributed by atoms with van der Waals surface area (Å²) in [5.74, 6) is -0.168. The summed E-state index contributed by atoms with van der Waals surface area (Å²) in [4.78, 5) is 14.4. The smallest absolute Gasteiger partial charge is 0.261 e. The first kappa shape index (κ1) is 16.8. The summed E-state index contributed by atoms with van der Waals surface area (Å²) < 4.78 is 27.3. The molecule has 1 heterocycles. The monoisotopic (exact) mass is 364 g/mol. The predicted octanol–water partition coefficient (Wildman–Crippen LogP) is 3.38. The van der Waals surface area contributed by atoms with Gasteiger partial charge in [0.2, 0.25) is 0 Å². The Kier molecular flexibility index (Phi) is 4.78. The van der Waals surface area contributed by atoms with Gasteiger partial charge in [-0.1, -0.05) is 29.8 Å². The van der Waals surface area contributed by atoms with Crippen LogP contribution in [0.4, 0.5) is 5.69 Å². The Morgan fingerprint density at radius 3 is 2.38 bits per heavy atom. The number of anilines is 1. The van der Waals surface area contributed by atoms with E-state index in [4.69, 9.17) is 11.6 Å². The third kappa shape index (κ3) is 3.55. The van der Waals surface area contributed by atoms with E-state index in [1.807, 2.05) is 0 Å². The SMILES string of the molecule is O=C(c1cc(NS(=O)(=O)c2ccccc2)ccc1Cl)N1CCCC1. The molecule has 3 rings (SSSR count). The Bertz CT molecular complexity index is 847. The molecular formula is C17H17ClN2O3S. The minimum Gasteiger partial charge on any atom is -0.339 e. The van der Waals surface area contributed by atoms with E-state index in [0.29, 0.717) is 29.4 Å². The lowest BCUT2D eigenvalue weighted by atomic mass is 10.2. The van der Waals surface area contributed by atoms with E-state index in [9.17, 15) is 13.2 Å². The van der Waals surface area contributed by atoms with Gasteiger partial charge in [-0.2, -0.15) is 0 Å². The zero-order valence-corrected chi connectivity index (χ0v) is 14.5. The molecule has 1 aliphatic rings.